The number of nitrogens with one attached hydrogen (secondary N) is 1. The van der Waals surface area contributed by atoms with Crippen LogP contribution >= 0.6 is 0 Å². The van der Waals surface area contributed by atoms with Crippen LogP contribution in [0, 0.1) is 5.92 Å². The molecule has 2 aliphatic rings. The fourth-order valence-corrected chi connectivity index (χ4v) is 3.61. The fourth-order valence-electron chi connectivity index (χ4n) is 3.61. The molecule has 0 aromatic carbocycles. The highest BCUT2D eigenvalue weighted by atomic mass is 16.1. The van der Waals surface area contributed by atoms with Gasteiger partial charge in [-0.05, 0) is 49.6 Å². The molecule has 104 valence electrons. The molecule has 3 atom stereocenters. The minimum atomic E-state index is 0.0567. The molecule has 2 bridgehead atoms. The monoisotopic (exact) mass is 269 g/mol. The van der Waals surface area contributed by atoms with Gasteiger partial charge in [0.05, 0.1) is 0 Å². The summed E-state index contributed by atoms with van der Waals surface area (Å²) in [6.45, 7) is 3.44. The van der Waals surface area contributed by atoms with E-state index in [0.717, 1.165) is 30.0 Å². The predicted molar refractivity (Wildman–Crippen MR) is 77.8 cm³/mol. The molecule has 0 aliphatic carbocycles. The van der Waals surface area contributed by atoms with Crippen molar-refractivity contribution in [3.8, 4) is 0 Å². The summed E-state index contributed by atoms with van der Waals surface area (Å²) in [5, 5.41) is 3.20. The van der Waals surface area contributed by atoms with Gasteiger partial charge in [-0.1, -0.05) is 0 Å². The highest BCUT2D eigenvalue weighted by molar-refractivity contribution is 5.95. The molecule has 2 saturated heterocycles. The lowest BCUT2D eigenvalue weighted by atomic mass is 9.96. The third kappa shape index (κ3) is 2.10. The molecular formula is C16H19N3O. The summed E-state index contributed by atoms with van der Waals surface area (Å²) in [6.07, 6.45) is 6.36. The van der Waals surface area contributed by atoms with Crippen molar-refractivity contribution in [3.63, 3.8) is 0 Å². The van der Waals surface area contributed by atoms with Gasteiger partial charge in [0, 0.05) is 42.6 Å². The Morgan fingerprint density at radius 2 is 2.20 bits per heavy atom. The van der Waals surface area contributed by atoms with Crippen LogP contribution in [0.3, 0.4) is 0 Å². The number of piperidine rings is 1. The second-order valence-corrected chi connectivity index (χ2v) is 6.08. The number of carbonyl (C=O) groups excluding carboxylic acids is 1. The van der Waals surface area contributed by atoms with Gasteiger partial charge in [0.1, 0.15) is 0 Å². The zero-order valence-corrected chi connectivity index (χ0v) is 11.5. The van der Waals surface area contributed by atoms with Gasteiger partial charge in [0.2, 0.25) is 0 Å². The van der Waals surface area contributed by atoms with E-state index in [1.165, 1.54) is 19.5 Å². The van der Waals surface area contributed by atoms with Gasteiger partial charge in [-0.2, -0.15) is 0 Å². The van der Waals surface area contributed by atoms with E-state index in [-0.39, 0.29) is 5.91 Å². The summed E-state index contributed by atoms with van der Waals surface area (Å²) in [6, 6.07) is 8.16. The molecule has 4 heteroatoms. The number of hydrogen-bond acceptors (Lipinski definition) is 2. The second kappa shape index (κ2) is 4.63. The maximum atomic E-state index is 12.4. The van der Waals surface area contributed by atoms with Crippen molar-refractivity contribution in [2.45, 2.75) is 18.9 Å². The molecule has 2 aromatic rings. The largest absolute Gasteiger partial charge is 0.348 e. The SMILES string of the molecule is O=C(N[C@@H]1C[C@H]2CCN(C2)C1)c1ccn2cccc2c1. The summed E-state index contributed by atoms with van der Waals surface area (Å²) in [5.74, 6) is 0.836. The van der Waals surface area contributed by atoms with Crippen molar-refractivity contribution < 1.29 is 4.79 Å². The van der Waals surface area contributed by atoms with Crippen molar-refractivity contribution in [3.05, 3.63) is 42.2 Å². The zero-order chi connectivity index (χ0) is 13.5. The lowest BCUT2D eigenvalue weighted by Gasteiger charge is -2.30. The van der Waals surface area contributed by atoms with Gasteiger partial charge in [-0.15, -0.1) is 0 Å². The van der Waals surface area contributed by atoms with E-state index in [2.05, 4.69) is 10.2 Å². The summed E-state index contributed by atoms with van der Waals surface area (Å²) < 4.78 is 2.02. The van der Waals surface area contributed by atoms with Crippen LogP contribution in [0.4, 0.5) is 0 Å². The average Bonchev–Trinajstić information content (AvgIpc) is 3.04. The van der Waals surface area contributed by atoms with Crippen LogP contribution < -0.4 is 5.32 Å². The third-order valence-corrected chi connectivity index (χ3v) is 4.59. The highest BCUT2D eigenvalue weighted by Crippen LogP contribution is 2.26. The Morgan fingerprint density at radius 1 is 1.25 bits per heavy atom. The molecule has 0 spiro atoms. The van der Waals surface area contributed by atoms with E-state index < -0.39 is 0 Å². The third-order valence-electron chi connectivity index (χ3n) is 4.59. The number of nitrogens with zero attached hydrogens (tertiary/aromatic N) is 2. The van der Waals surface area contributed by atoms with Gasteiger partial charge in [-0.25, -0.2) is 0 Å². The number of hydrogen-bond donors (Lipinski definition) is 1. The van der Waals surface area contributed by atoms with E-state index in [0.29, 0.717) is 6.04 Å². The summed E-state index contributed by atoms with van der Waals surface area (Å²) in [4.78, 5) is 14.8. The van der Waals surface area contributed by atoms with Crippen LogP contribution in [0.15, 0.2) is 36.7 Å². The van der Waals surface area contributed by atoms with Crippen molar-refractivity contribution in [2.24, 2.45) is 5.92 Å². The van der Waals surface area contributed by atoms with Crippen molar-refractivity contribution >= 4 is 11.4 Å². The Bertz CT molecular complexity index is 636. The Balaban J connectivity index is 1.49. The molecule has 1 N–H and O–H groups in total. The van der Waals surface area contributed by atoms with Crippen LogP contribution in [-0.4, -0.2) is 40.9 Å². The molecule has 4 nitrogen and oxygen atoms in total. The van der Waals surface area contributed by atoms with E-state index in [4.69, 9.17) is 0 Å². The van der Waals surface area contributed by atoms with E-state index in [1.54, 1.807) is 0 Å². The van der Waals surface area contributed by atoms with E-state index in [1.807, 2.05) is 41.1 Å². The van der Waals surface area contributed by atoms with Crippen LogP contribution in [0.1, 0.15) is 23.2 Å². The van der Waals surface area contributed by atoms with Crippen molar-refractivity contribution in [1.82, 2.24) is 14.6 Å². The number of pyridine rings is 1. The molecule has 1 unspecified atom stereocenters. The summed E-state index contributed by atoms with van der Waals surface area (Å²) in [5.41, 5.74) is 1.81. The first-order valence-corrected chi connectivity index (χ1v) is 7.38. The quantitative estimate of drug-likeness (QED) is 0.902. The lowest BCUT2D eigenvalue weighted by molar-refractivity contribution is 0.0909. The van der Waals surface area contributed by atoms with E-state index >= 15 is 0 Å². The minimum absolute atomic E-state index is 0.0567. The Labute approximate surface area is 118 Å². The highest BCUT2D eigenvalue weighted by Gasteiger charge is 2.32. The van der Waals surface area contributed by atoms with Crippen LogP contribution in [-0.2, 0) is 0 Å². The predicted octanol–water partition coefficient (Wildman–Crippen LogP) is 1.76. The Morgan fingerprint density at radius 3 is 3.10 bits per heavy atom. The molecule has 4 heterocycles. The number of aromatic nitrogens is 1. The molecule has 0 radical (unpaired) electrons. The smallest absolute Gasteiger partial charge is 0.251 e. The number of carbonyl (C=O) groups is 1. The van der Waals surface area contributed by atoms with Gasteiger partial charge >= 0.3 is 0 Å². The van der Waals surface area contributed by atoms with Gasteiger partial charge in [-0.3, -0.25) is 4.79 Å². The molecule has 1 amide bonds. The number of amides is 1. The first-order chi connectivity index (χ1) is 9.78. The number of fused-ring (bicyclic) bond motifs is 3. The van der Waals surface area contributed by atoms with Crippen LogP contribution in [0.2, 0.25) is 0 Å². The van der Waals surface area contributed by atoms with E-state index in [9.17, 15) is 4.79 Å². The lowest BCUT2D eigenvalue weighted by Crippen LogP contribution is -2.47. The molecule has 4 rings (SSSR count). The molecule has 2 fully saturated rings. The first-order valence-electron chi connectivity index (χ1n) is 7.38. The van der Waals surface area contributed by atoms with Crippen molar-refractivity contribution in [1.29, 1.82) is 0 Å². The molecule has 2 aromatic heterocycles. The summed E-state index contributed by atoms with van der Waals surface area (Å²) in [7, 11) is 0. The number of rotatable bonds is 2. The van der Waals surface area contributed by atoms with Crippen LogP contribution in [0.25, 0.3) is 5.52 Å². The average molecular weight is 269 g/mol. The van der Waals surface area contributed by atoms with Crippen LogP contribution in [0.5, 0.6) is 0 Å². The maximum absolute atomic E-state index is 12.4. The first kappa shape index (κ1) is 12.0. The normalized spacial score (nSPS) is 28.7. The van der Waals surface area contributed by atoms with Gasteiger partial charge in [0.15, 0.2) is 0 Å². The Hall–Kier alpha value is -1.81. The minimum Gasteiger partial charge on any atom is -0.348 e. The van der Waals surface area contributed by atoms with Crippen molar-refractivity contribution in [2.75, 3.05) is 19.6 Å². The molecular weight excluding hydrogens is 250 g/mol. The second-order valence-electron chi connectivity index (χ2n) is 6.08. The van der Waals surface area contributed by atoms with Gasteiger partial charge in [0.25, 0.3) is 5.91 Å². The summed E-state index contributed by atoms with van der Waals surface area (Å²) >= 11 is 0. The topological polar surface area (TPSA) is 36.8 Å². The Kier molecular flexibility index (Phi) is 2.77. The standard InChI is InChI=1S/C16H19N3O/c20-16(13-4-7-19-5-1-2-15(19)9-13)17-14-8-12-3-6-18(10-12)11-14/h1-2,4-5,7,9,12,14H,3,6,8,10-11H2,(H,17,20)/t12-,14-/m1/s1. The molecule has 2 aliphatic heterocycles. The fraction of sp³-hybridized carbons (Fsp3) is 0.438. The zero-order valence-electron chi connectivity index (χ0n) is 11.5. The van der Waals surface area contributed by atoms with Gasteiger partial charge < -0.3 is 14.6 Å². The molecule has 0 saturated carbocycles. The maximum Gasteiger partial charge on any atom is 0.251 e. The molecule has 20 heavy (non-hydrogen) atoms.